The Morgan fingerprint density at radius 2 is 2.14 bits per heavy atom. The molecule has 0 aromatic heterocycles. The van der Waals surface area contributed by atoms with Gasteiger partial charge in [-0.1, -0.05) is 0 Å². The first-order chi connectivity index (χ1) is 3.31. The van der Waals surface area contributed by atoms with E-state index in [9.17, 15) is 4.79 Å². The standard InChI is InChI=1S/CB3O3/c2-6-1(5)4-7-3. The molecule has 0 heterocycles. The van der Waals surface area contributed by atoms with Crippen LogP contribution in [-0.4, -0.2) is 29.4 Å². The van der Waals surface area contributed by atoms with Crippen LogP contribution >= 0.6 is 0 Å². The van der Waals surface area contributed by atoms with E-state index >= 15 is 0 Å². The first-order valence-corrected chi connectivity index (χ1v) is 1.40. The van der Waals surface area contributed by atoms with Crippen LogP contribution in [0, 0.1) is 0 Å². The summed E-state index contributed by atoms with van der Waals surface area (Å²) in [5.74, 6) is -0.817. The Kier molecular flexibility index (Phi) is 3.60. The van der Waals surface area contributed by atoms with Gasteiger partial charge in [0.25, 0.3) is 13.9 Å². The quantitative estimate of drug-likeness (QED) is 0.407. The van der Waals surface area contributed by atoms with E-state index in [1.165, 1.54) is 0 Å². The second-order valence-corrected chi connectivity index (χ2v) is 0.691. The third kappa shape index (κ3) is 3.46. The summed E-state index contributed by atoms with van der Waals surface area (Å²) < 4.78 is 7.31. The number of hydrogen-bond donors (Lipinski definition) is 0. The molecule has 0 saturated carbocycles. The molecular weight excluding hydrogens is 92.4 g/mol. The smallest absolute Gasteiger partial charge is 0.416 e. The largest absolute Gasteiger partial charge is 0.549 e. The molecule has 0 aromatic carbocycles. The summed E-state index contributed by atoms with van der Waals surface area (Å²) in [6.07, 6.45) is 0. The molecule has 0 aliphatic carbocycles. The Morgan fingerprint density at radius 3 is 2.29 bits per heavy atom. The van der Waals surface area contributed by atoms with Gasteiger partial charge >= 0.3 is 15.5 Å². The van der Waals surface area contributed by atoms with Gasteiger partial charge in [-0.3, -0.25) is 4.79 Å². The zero-order chi connectivity index (χ0) is 5.70. The third-order valence-electron chi connectivity index (χ3n) is 0.280. The average molecular weight is 92.4 g/mol. The van der Waals surface area contributed by atoms with Gasteiger partial charge in [-0.25, -0.2) is 0 Å². The molecule has 0 atom stereocenters. The van der Waals surface area contributed by atoms with Crippen molar-refractivity contribution in [3.63, 3.8) is 0 Å². The molecule has 7 heavy (non-hydrogen) atoms. The molecule has 31 valence electrons. The fraction of sp³-hybridized carbons (Fsp3) is 0. The highest BCUT2D eigenvalue weighted by molar-refractivity contribution is 6.70. The lowest BCUT2D eigenvalue weighted by Gasteiger charge is -1.91. The molecule has 6 heteroatoms. The van der Waals surface area contributed by atoms with E-state index in [2.05, 4.69) is 25.3 Å². The van der Waals surface area contributed by atoms with Gasteiger partial charge in [0.15, 0.2) is 0 Å². The van der Waals surface area contributed by atoms with Gasteiger partial charge in [-0.15, -0.1) is 0 Å². The van der Waals surface area contributed by atoms with E-state index in [1.807, 2.05) is 0 Å². The van der Waals surface area contributed by atoms with Crippen molar-refractivity contribution < 1.29 is 14.0 Å². The topological polar surface area (TPSA) is 35.5 Å². The van der Waals surface area contributed by atoms with Crippen LogP contribution in [0.15, 0.2) is 0 Å². The van der Waals surface area contributed by atoms with E-state index in [0.29, 0.717) is 7.48 Å². The minimum Gasteiger partial charge on any atom is -0.549 e. The average Bonchev–Trinajstić information content (AvgIpc) is 1.68. The Labute approximate surface area is 44.5 Å². The van der Waals surface area contributed by atoms with Crippen LogP contribution in [0.5, 0.6) is 0 Å². The molecule has 0 N–H and O–H groups in total. The Morgan fingerprint density at radius 1 is 1.57 bits per heavy atom. The predicted octanol–water partition coefficient (Wildman–Crippen LogP) is -1.07. The van der Waals surface area contributed by atoms with Crippen molar-refractivity contribution in [3.05, 3.63) is 0 Å². The van der Waals surface area contributed by atoms with Gasteiger partial charge in [0, 0.05) is 0 Å². The molecular formula is CB3O3. The van der Waals surface area contributed by atoms with E-state index in [4.69, 9.17) is 0 Å². The van der Waals surface area contributed by atoms with E-state index in [0.717, 1.165) is 0 Å². The molecule has 0 spiro atoms. The highest BCUT2D eigenvalue weighted by Crippen LogP contribution is 1.70. The molecule has 0 aromatic rings. The van der Waals surface area contributed by atoms with Crippen molar-refractivity contribution in [2.75, 3.05) is 0 Å². The van der Waals surface area contributed by atoms with Gasteiger partial charge in [0.1, 0.15) is 0 Å². The van der Waals surface area contributed by atoms with Crippen LogP contribution in [0.4, 0.5) is 4.79 Å². The van der Waals surface area contributed by atoms with Crippen molar-refractivity contribution >= 4 is 29.4 Å². The van der Waals surface area contributed by atoms with Gasteiger partial charge in [-0.2, -0.15) is 0 Å². The minimum atomic E-state index is -0.817. The molecule has 0 unspecified atom stereocenters. The summed E-state index contributed by atoms with van der Waals surface area (Å²) in [6.45, 7) is 0. The van der Waals surface area contributed by atoms with Crippen LogP contribution < -0.4 is 0 Å². The number of carbonyl (C=O) groups is 1. The van der Waals surface area contributed by atoms with E-state index in [-0.39, 0.29) is 0 Å². The zero-order valence-corrected chi connectivity index (χ0v) is 3.46. The van der Waals surface area contributed by atoms with Crippen molar-refractivity contribution in [2.24, 2.45) is 0 Å². The highest BCUT2D eigenvalue weighted by atomic mass is 16.5. The molecule has 5 radical (unpaired) electrons. The maximum absolute atomic E-state index is 9.80. The first-order valence-electron chi connectivity index (χ1n) is 1.40. The lowest BCUT2D eigenvalue weighted by molar-refractivity contribution is 0.226. The summed E-state index contributed by atoms with van der Waals surface area (Å²) >= 11 is 0. The molecule has 0 bridgehead atoms. The molecule has 0 aliphatic heterocycles. The van der Waals surface area contributed by atoms with Crippen molar-refractivity contribution in [1.82, 2.24) is 0 Å². The Hall–Kier alpha value is -0.375. The van der Waals surface area contributed by atoms with Gasteiger partial charge in [0.05, 0.1) is 0 Å². The van der Waals surface area contributed by atoms with Gasteiger partial charge in [0.2, 0.25) is 0 Å². The van der Waals surface area contributed by atoms with Gasteiger partial charge in [-0.05, 0) is 0 Å². The predicted molar refractivity (Wildman–Crippen MR) is 24.8 cm³/mol. The minimum absolute atomic E-state index is 0.639. The lowest BCUT2D eigenvalue weighted by Crippen LogP contribution is -2.11. The molecule has 0 fully saturated rings. The maximum Gasteiger partial charge on any atom is 0.416 e. The second kappa shape index (κ2) is 3.80. The van der Waals surface area contributed by atoms with Gasteiger partial charge < -0.3 is 9.23 Å². The third-order valence-corrected chi connectivity index (χ3v) is 0.280. The molecule has 3 nitrogen and oxygen atoms in total. The maximum atomic E-state index is 9.80. The second-order valence-electron chi connectivity index (χ2n) is 0.691. The number of rotatable bonds is 2. The molecule has 0 saturated heterocycles. The molecule has 0 rings (SSSR count). The van der Waals surface area contributed by atoms with Crippen molar-refractivity contribution in [3.8, 4) is 0 Å². The van der Waals surface area contributed by atoms with Crippen molar-refractivity contribution in [1.29, 1.82) is 0 Å². The first kappa shape index (κ1) is 6.62. The number of hydrogen-bond acceptors (Lipinski definition) is 3. The number of carbonyl (C=O) groups excluding carboxylic acids is 1. The summed E-state index contributed by atoms with van der Waals surface area (Å²) in [7, 11) is 9.37. The summed E-state index contributed by atoms with van der Waals surface area (Å²) in [5.41, 5.74) is 0. The Bertz CT molecular complexity index is 63.2. The van der Waals surface area contributed by atoms with E-state index < -0.39 is 5.87 Å². The summed E-state index contributed by atoms with van der Waals surface area (Å²) in [6, 6.07) is 0. The van der Waals surface area contributed by atoms with Crippen LogP contribution in [-0.2, 0) is 9.23 Å². The fourth-order valence-corrected chi connectivity index (χ4v) is 0.0833. The Balaban J connectivity index is 3.00. The zero-order valence-electron chi connectivity index (χ0n) is 3.46. The summed E-state index contributed by atoms with van der Waals surface area (Å²) in [5, 5.41) is 0. The highest BCUT2D eigenvalue weighted by Gasteiger charge is 1.98. The normalized spacial score (nSPS) is 7.43. The molecule has 0 aliphatic rings. The van der Waals surface area contributed by atoms with E-state index in [1.54, 1.807) is 0 Å². The van der Waals surface area contributed by atoms with Crippen molar-refractivity contribution in [2.45, 2.75) is 0 Å². The van der Waals surface area contributed by atoms with Crippen LogP contribution in [0.3, 0.4) is 0 Å². The lowest BCUT2D eigenvalue weighted by atomic mass is 10.0. The SMILES string of the molecule is [B]O[B]C(=O)O[B]. The van der Waals surface area contributed by atoms with Crippen LogP contribution in [0.1, 0.15) is 0 Å². The monoisotopic (exact) mass is 93.0 g/mol. The summed E-state index contributed by atoms with van der Waals surface area (Å²) in [4.78, 5) is 9.80. The molecule has 0 amide bonds. The van der Waals surface area contributed by atoms with Crippen LogP contribution in [0.2, 0.25) is 0 Å². The van der Waals surface area contributed by atoms with Crippen LogP contribution in [0.25, 0.3) is 0 Å². The fourth-order valence-electron chi connectivity index (χ4n) is 0.0833.